The first-order valence-corrected chi connectivity index (χ1v) is 6.11. The lowest BCUT2D eigenvalue weighted by molar-refractivity contribution is 0.0267. The average Bonchev–Trinajstić information content (AvgIpc) is 2.19. The van der Waals surface area contributed by atoms with Crippen molar-refractivity contribution in [1.29, 1.82) is 0 Å². The van der Waals surface area contributed by atoms with Crippen LogP contribution in [0.3, 0.4) is 0 Å². The van der Waals surface area contributed by atoms with E-state index in [1.165, 1.54) is 25.7 Å². The minimum Gasteiger partial charge on any atom is -0.389 e. The van der Waals surface area contributed by atoms with Crippen molar-refractivity contribution in [3.63, 3.8) is 0 Å². The van der Waals surface area contributed by atoms with E-state index in [0.717, 1.165) is 25.7 Å². The van der Waals surface area contributed by atoms with Gasteiger partial charge in [0.25, 0.3) is 0 Å². The summed E-state index contributed by atoms with van der Waals surface area (Å²) in [5.74, 6) is 0. The second kappa shape index (κ2) is 8.25. The molecular weight excluding hydrogens is 174 g/mol. The van der Waals surface area contributed by atoms with E-state index >= 15 is 0 Å². The van der Waals surface area contributed by atoms with Gasteiger partial charge in [0.05, 0.1) is 5.60 Å². The van der Waals surface area contributed by atoms with Crippen LogP contribution in [0.25, 0.3) is 0 Å². The number of unbranched alkanes of at least 4 members (excludes halogenated alkanes) is 4. The van der Waals surface area contributed by atoms with Crippen molar-refractivity contribution in [2.24, 2.45) is 5.73 Å². The molecule has 14 heavy (non-hydrogen) atoms. The predicted octanol–water partition coefficient (Wildman–Crippen LogP) is 2.84. The van der Waals surface area contributed by atoms with Crippen LogP contribution in [-0.2, 0) is 0 Å². The van der Waals surface area contributed by atoms with E-state index < -0.39 is 5.60 Å². The number of aliphatic hydroxyl groups is 1. The van der Waals surface area contributed by atoms with Crippen LogP contribution in [0.4, 0.5) is 0 Å². The van der Waals surface area contributed by atoms with Gasteiger partial charge in [0.15, 0.2) is 0 Å². The lowest BCUT2D eigenvalue weighted by Gasteiger charge is -2.26. The van der Waals surface area contributed by atoms with Gasteiger partial charge in [-0.05, 0) is 12.8 Å². The molecule has 0 spiro atoms. The zero-order valence-corrected chi connectivity index (χ0v) is 9.89. The highest BCUT2D eigenvalue weighted by Crippen LogP contribution is 2.21. The second-order valence-corrected chi connectivity index (χ2v) is 4.34. The second-order valence-electron chi connectivity index (χ2n) is 4.34. The molecule has 0 fully saturated rings. The maximum atomic E-state index is 10.1. The molecule has 0 bridgehead atoms. The van der Waals surface area contributed by atoms with E-state index in [4.69, 9.17) is 5.73 Å². The van der Waals surface area contributed by atoms with Crippen molar-refractivity contribution in [3.05, 3.63) is 0 Å². The lowest BCUT2D eigenvalue weighted by atomic mass is 9.90. The Balaban J connectivity index is 3.67. The van der Waals surface area contributed by atoms with Gasteiger partial charge in [0.1, 0.15) is 0 Å². The summed E-state index contributed by atoms with van der Waals surface area (Å²) in [6, 6.07) is 0. The quantitative estimate of drug-likeness (QED) is 0.563. The molecule has 0 atom stereocenters. The van der Waals surface area contributed by atoms with Gasteiger partial charge < -0.3 is 10.8 Å². The van der Waals surface area contributed by atoms with E-state index in [-0.39, 0.29) is 0 Å². The highest BCUT2D eigenvalue weighted by atomic mass is 16.3. The Labute approximate surface area is 88.9 Å². The monoisotopic (exact) mass is 201 g/mol. The van der Waals surface area contributed by atoms with E-state index in [9.17, 15) is 5.11 Å². The molecule has 0 saturated carbocycles. The third-order valence-electron chi connectivity index (χ3n) is 2.87. The molecule has 0 aliphatic carbocycles. The van der Waals surface area contributed by atoms with E-state index in [2.05, 4.69) is 13.8 Å². The maximum Gasteiger partial charge on any atom is 0.0769 e. The Kier molecular flexibility index (Phi) is 8.20. The highest BCUT2D eigenvalue weighted by Gasteiger charge is 2.23. The molecule has 0 aromatic heterocycles. The Morgan fingerprint density at radius 2 is 1.36 bits per heavy atom. The van der Waals surface area contributed by atoms with Crippen LogP contribution in [-0.4, -0.2) is 17.3 Å². The molecule has 2 heteroatoms. The first-order valence-electron chi connectivity index (χ1n) is 6.11. The summed E-state index contributed by atoms with van der Waals surface area (Å²) in [5.41, 5.74) is 5.04. The molecule has 0 aliphatic heterocycles. The fourth-order valence-corrected chi connectivity index (χ4v) is 1.74. The number of nitrogens with two attached hydrogens (primary N) is 1. The van der Waals surface area contributed by atoms with Gasteiger partial charge in [-0.15, -0.1) is 0 Å². The molecule has 3 N–H and O–H groups in total. The lowest BCUT2D eigenvalue weighted by Crippen LogP contribution is -2.37. The van der Waals surface area contributed by atoms with Gasteiger partial charge in [0.2, 0.25) is 0 Å². The van der Waals surface area contributed by atoms with Crippen LogP contribution in [0.15, 0.2) is 0 Å². The summed E-state index contributed by atoms with van der Waals surface area (Å²) >= 11 is 0. The van der Waals surface area contributed by atoms with Crippen LogP contribution in [0, 0.1) is 0 Å². The summed E-state index contributed by atoms with van der Waals surface area (Å²) in [4.78, 5) is 0. The van der Waals surface area contributed by atoms with E-state index in [1.54, 1.807) is 0 Å². The van der Waals surface area contributed by atoms with Gasteiger partial charge in [-0.1, -0.05) is 52.4 Å². The van der Waals surface area contributed by atoms with Crippen LogP contribution in [0.5, 0.6) is 0 Å². The Morgan fingerprint density at radius 3 is 1.64 bits per heavy atom. The molecule has 0 aliphatic rings. The topological polar surface area (TPSA) is 46.2 Å². The standard InChI is InChI=1S/C12H27NO/c1-3-5-7-9-12(14,11-13)10-8-6-4-2/h14H,3-11,13H2,1-2H3. The Bertz CT molecular complexity index is 115. The highest BCUT2D eigenvalue weighted by molar-refractivity contribution is 4.79. The first-order chi connectivity index (χ1) is 6.68. The maximum absolute atomic E-state index is 10.1. The molecule has 0 aromatic carbocycles. The summed E-state index contributed by atoms with van der Waals surface area (Å²) in [6.07, 6.45) is 8.78. The van der Waals surface area contributed by atoms with Crippen LogP contribution in [0.2, 0.25) is 0 Å². The van der Waals surface area contributed by atoms with Crippen LogP contribution < -0.4 is 5.73 Å². The van der Waals surface area contributed by atoms with Crippen molar-refractivity contribution in [3.8, 4) is 0 Å². The van der Waals surface area contributed by atoms with Gasteiger partial charge in [0, 0.05) is 6.54 Å². The summed E-state index contributed by atoms with van der Waals surface area (Å²) in [5, 5.41) is 10.1. The number of hydrogen-bond acceptors (Lipinski definition) is 2. The molecule has 86 valence electrons. The molecule has 0 amide bonds. The van der Waals surface area contributed by atoms with Gasteiger partial charge in [-0.25, -0.2) is 0 Å². The smallest absolute Gasteiger partial charge is 0.0769 e. The minimum atomic E-state index is -0.579. The minimum absolute atomic E-state index is 0.417. The van der Waals surface area contributed by atoms with E-state index in [0.29, 0.717) is 6.54 Å². The molecule has 2 nitrogen and oxygen atoms in total. The normalized spacial score (nSPS) is 12.0. The zero-order chi connectivity index (χ0) is 10.9. The van der Waals surface area contributed by atoms with Crippen molar-refractivity contribution in [2.45, 2.75) is 70.8 Å². The molecule has 0 unspecified atom stereocenters. The third-order valence-corrected chi connectivity index (χ3v) is 2.87. The predicted molar refractivity (Wildman–Crippen MR) is 62.3 cm³/mol. The number of rotatable bonds is 9. The summed E-state index contributed by atoms with van der Waals surface area (Å²) in [7, 11) is 0. The first kappa shape index (κ1) is 13.9. The largest absolute Gasteiger partial charge is 0.389 e. The van der Waals surface area contributed by atoms with Gasteiger partial charge >= 0.3 is 0 Å². The van der Waals surface area contributed by atoms with Gasteiger partial charge in [-0.3, -0.25) is 0 Å². The average molecular weight is 201 g/mol. The van der Waals surface area contributed by atoms with Crippen molar-refractivity contribution in [2.75, 3.05) is 6.54 Å². The number of hydrogen-bond donors (Lipinski definition) is 2. The fraction of sp³-hybridized carbons (Fsp3) is 1.00. The molecule has 0 radical (unpaired) electrons. The Morgan fingerprint density at radius 1 is 0.929 bits per heavy atom. The Hall–Kier alpha value is -0.0800. The molecule has 0 saturated heterocycles. The van der Waals surface area contributed by atoms with Gasteiger partial charge in [-0.2, -0.15) is 0 Å². The third kappa shape index (κ3) is 6.39. The zero-order valence-electron chi connectivity index (χ0n) is 9.89. The van der Waals surface area contributed by atoms with Crippen molar-refractivity contribution in [1.82, 2.24) is 0 Å². The summed E-state index contributed by atoms with van der Waals surface area (Å²) in [6.45, 7) is 4.78. The van der Waals surface area contributed by atoms with Crippen molar-refractivity contribution < 1.29 is 5.11 Å². The SMILES string of the molecule is CCCCCC(O)(CN)CCCCC. The van der Waals surface area contributed by atoms with Crippen LogP contribution in [0.1, 0.15) is 65.2 Å². The fourth-order valence-electron chi connectivity index (χ4n) is 1.74. The molecular formula is C12H27NO. The molecule has 0 aromatic rings. The molecule has 0 heterocycles. The van der Waals surface area contributed by atoms with Crippen molar-refractivity contribution >= 4 is 0 Å². The molecule has 0 rings (SSSR count). The van der Waals surface area contributed by atoms with E-state index in [1.807, 2.05) is 0 Å². The van der Waals surface area contributed by atoms with Crippen LogP contribution >= 0.6 is 0 Å². The summed E-state index contributed by atoms with van der Waals surface area (Å²) < 4.78 is 0.